The van der Waals surface area contributed by atoms with E-state index in [0.29, 0.717) is 12.5 Å². The van der Waals surface area contributed by atoms with Crippen LogP contribution in [-0.2, 0) is 11.2 Å². The Morgan fingerprint density at radius 1 is 1.25 bits per heavy atom. The number of hydrogen-bond acceptors (Lipinski definition) is 3. The number of nitrogens with zero attached hydrogens (tertiary/aromatic N) is 1. The van der Waals surface area contributed by atoms with Gasteiger partial charge in [-0.15, -0.1) is 0 Å². The fourth-order valence-corrected chi connectivity index (χ4v) is 3.40. The second-order valence-electron chi connectivity index (χ2n) is 7.21. The zero-order valence-corrected chi connectivity index (χ0v) is 15.1. The Bertz CT molecular complexity index is 484. The number of aliphatic hydroxyl groups excluding tert-OH is 1. The summed E-state index contributed by atoms with van der Waals surface area (Å²) < 4.78 is 0. The first-order chi connectivity index (χ1) is 11.6. The standard InChI is InChI=1S/C20H32N2O2/c1-16(10-13-23)15-21-20(24)17(2)22-11-8-19(9-12-22)14-18-6-4-3-5-7-18/h3-7,16-17,19,23H,8-15H2,1-2H3,(H,21,24). The predicted octanol–water partition coefficient (Wildman–Crippen LogP) is 2.46. The molecule has 0 spiro atoms. The smallest absolute Gasteiger partial charge is 0.237 e. The molecule has 1 aliphatic heterocycles. The average Bonchev–Trinajstić information content (AvgIpc) is 2.61. The molecule has 0 radical (unpaired) electrons. The number of hydrogen-bond donors (Lipinski definition) is 2. The Balaban J connectivity index is 1.71. The van der Waals surface area contributed by atoms with E-state index in [-0.39, 0.29) is 18.6 Å². The summed E-state index contributed by atoms with van der Waals surface area (Å²) >= 11 is 0. The molecule has 0 bridgehead atoms. The van der Waals surface area contributed by atoms with Gasteiger partial charge in [-0.3, -0.25) is 9.69 Å². The minimum absolute atomic E-state index is 0.0657. The fraction of sp³-hybridized carbons (Fsp3) is 0.650. The van der Waals surface area contributed by atoms with Crippen LogP contribution in [-0.4, -0.2) is 48.2 Å². The highest BCUT2D eigenvalue weighted by Crippen LogP contribution is 2.22. The first kappa shape index (κ1) is 18.9. The molecule has 0 saturated carbocycles. The molecule has 4 nitrogen and oxygen atoms in total. The Kier molecular flexibility index (Phi) is 7.73. The zero-order valence-electron chi connectivity index (χ0n) is 15.1. The lowest BCUT2D eigenvalue weighted by molar-refractivity contribution is -0.126. The monoisotopic (exact) mass is 332 g/mol. The van der Waals surface area contributed by atoms with Gasteiger partial charge < -0.3 is 10.4 Å². The van der Waals surface area contributed by atoms with Crippen LogP contribution in [0.2, 0.25) is 0 Å². The first-order valence-electron chi connectivity index (χ1n) is 9.26. The lowest BCUT2D eigenvalue weighted by atomic mass is 9.89. The van der Waals surface area contributed by atoms with Gasteiger partial charge in [0.2, 0.25) is 5.91 Å². The molecule has 0 aliphatic carbocycles. The fourth-order valence-electron chi connectivity index (χ4n) is 3.40. The van der Waals surface area contributed by atoms with Gasteiger partial charge in [-0.25, -0.2) is 0 Å². The van der Waals surface area contributed by atoms with Gasteiger partial charge in [-0.1, -0.05) is 37.3 Å². The molecule has 1 amide bonds. The van der Waals surface area contributed by atoms with Gasteiger partial charge in [-0.2, -0.15) is 0 Å². The zero-order chi connectivity index (χ0) is 17.4. The van der Waals surface area contributed by atoms with Crippen molar-refractivity contribution in [2.45, 2.75) is 45.6 Å². The van der Waals surface area contributed by atoms with Crippen molar-refractivity contribution in [3.63, 3.8) is 0 Å². The summed E-state index contributed by atoms with van der Waals surface area (Å²) in [5.74, 6) is 1.16. The van der Waals surface area contributed by atoms with Crippen LogP contribution >= 0.6 is 0 Å². The maximum Gasteiger partial charge on any atom is 0.237 e. The Morgan fingerprint density at radius 3 is 2.54 bits per heavy atom. The maximum atomic E-state index is 12.3. The number of carbonyl (C=O) groups excluding carboxylic acids is 1. The van der Waals surface area contributed by atoms with Gasteiger partial charge in [0.25, 0.3) is 0 Å². The summed E-state index contributed by atoms with van der Waals surface area (Å²) in [5.41, 5.74) is 1.42. The van der Waals surface area contributed by atoms with Crippen molar-refractivity contribution >= 4 is 5.91 Å². The topological polar surface area (TPSA) is 52.6 Å². The summed E-state index contributed by atoms with van der Waals surface area (Å²) in [6.45, 7) is 6.88. The highest BCUT2D eigenvalue weighted by Gasteiger charge is 2.26. The molecule has 2 unspecified atom stereocenters. The Hall–Kier alpha value is -1.39. The quantitative estimate of drug-likeness (QED) is 0.769. The van der Waals surface area contributed by atoms with Crippen LogP contribution in [0.15, 0.2) is 30.3 Å². The molecule has 1 aromatic rings. The van der Waals surface area contributed by atoms with E-state index in [9.17, 15) is 4.79 Å². The maximum absolute atomic E-state index is 12.3. The average molecular weight is 332 g/mol. The van der Waals surface area contributed by atoms with E-state index in [0.717, 1.165) is 44.7 Å². The highest BCUT2D eigenvalue weighted by molar-refractivity contribution is 5.81. The number of piperidine rings is 1. The molecule has 0 aromatic heterocycles. The molecule has 1 aromatic carbocycles. The second-order valence-corrected chi connectivity index (χ2v) is 7.21. The molecule has 134 valence electrons. The van der Waals surface area contributed by atoms with Crippen molar-refractivity contribution in [3.05, 3.63) is 35.9 Å². The second kappa shape index (κ2) is 9.80. The van der Waals surface area contributed by atoms with Crippen molar-refractivity contribution in [1.82, 2.24) is 10.2 Å². The molecule has 2 rings (SSSR count). The molecule has 1 fully saturated rings. The van der Waals surface area contributed by atoms with E-state index >= 15 is 0 Å². The number of rotatable bonds is 8. The third kappa shape index (κ3) is 5.91. The summed E-state index contributed by atoms with van der Waals surface area (Å²) in [4.78, 5) is 14.6. The van der Waals surface area contributed by atoms with E-state index < -0.39 is 0 Å². The predicted molar refractivity (Wildman–Crippen MR) is 97.8 cm³/mol. The molecular formula is C20H32N2O2. The molecule has 2 N–H and O–H groups in total. The lowest BCUT2D eigenvalue weighted by Crippen LogP contribution is -2.49. The van der Waals surface area contributed by atoms with Gasteiger partial charge in [0.05, 0.1) is 6.04 Å². The van der Waals surface area contributed by atoms with Crippen LogP contribution < -0.4 is 5.32 Å². The largest absolute Gasteiger partial charge is 0.396 e. The first-order valence-corrected chi connectivity index (χ1v) is 9.26. The van der Waals surface area contributed by atoms with Crippen molar-refractivity contribution < 1.29 is 9.90 Å². The summed E-state index contributed by atoms with van der Waals surface area (Å²) in [7, 11) is 0. The minimum atomic E-state index is -0.0657. The van der Waals surface area contributed by atoms with Crippen LogP contribution in [0.4, 0.5) is 0 Å². The molecule has 1 heterocycles. The normalized spacial score (nSPS) is 19.0. The van der Waals surface area contributed by atoms with Crippen molar-refractivity contribution in [2.75, 3.05) is 26.2 Å². The molecule has 4 heteroatoms. The SMILES string of the molecule is CC(CCO)CNC(=O)C(C)N1CCC(Cc2ccccc2)CC1. The van der Waals surface area contributed by atoms with Crippen LogP contribution in [0.5, 0.6) is 0 Å². The van der Waals surface area contributed by atoms with Crippen LogP contribution in [0, 0.1) is 11.8 Å². The Morgan fingerprint density at radius 2 is 1.92 bits per heavy atom. The molecule has 1 saturated heterocycles. The third-order valence-electron chi connectivity index (χ3n) is 5.19. The van der Waals surface area contributed by atoms with Crippen molar-refractivity contribution in [3.8, 4) is 0 Å². The van der Waals surface area contributed by atoms with Gasteiger partial charge in [-0.05, 0) is 63.1 Å². The summed E-state index contributed by atoms with van der Waals surface area (Å²) in [5, 5.41) is 11.9. The molecule has 24 heavy (non-hydrogen) atoms. The van der Waals surface area contributed by atoms with Crippen molar-refractivity contribution in [2.24, 2.45) is 11.8 Å². The van der Waals surface area contributed by atoms with Crippen LogP contribution in [0.3, 0.4) is 0 Å². The third-order valence-corrected chi connectivity index (χ3v) is 5.19. The number of benzene rings is 1. The van der Waals surface area contributed by atoms with Gasteiger partial charge in [0, 0.05) is 13.2 Å². The van der Waals surface area contributed by atoms with Gasteiger partial charge in [0.1, 0.15) is 0 Å². The van der Waals surface area contributed by atoms with Crippen LogP contribution in [0.25, 0.3) is 0 Å². The minimum Gasteiger partial charge on any atom is -0.396 e. The molecule has 1 aliphatic rings. The number of aliphatic hydroxyl groups is 1. The number of likely N-dealkylation sites (tertiary alicyclic amines) is 1. The lowest BCUT2D eigenvalue weighted by Gasteiger charge is -2.35. The van der Waals surface area contributed by atoms with Gasteiger partial charge >= 0.3 is 0 Å². The number of amides is 1. The van der Waals surface area contributed by atoms with E-state index in [1.165, 1.54) is 5.56 Å². The number of nitrogens with one attached hydrogen (secondary N) is 1. The van der Waals surface area contributed by atoms with Gasteiger partial charge in [0.15, 0.2) is 0 Å². The molecular weight excluding hydrogens is 300 g/mol. The Labute approximate surface area is 146 Å². The van der Waals surface area contributed by atoms with E-state index in [1.807, 2.05) is 6.92 Å². The summed E-state index contributed by atoms with van der Waals surface area (Å²) in [6.07, 6.45) is 4.20. The highest BCUT2D eigenvalue weighted by atomic mass is 16.3. The van der Waals surface area contributed by atoms with E-state index in [2.05, 4.69) is 47.5 Å². The number of carbonyl (C=O) groups is 1. The van der Waals surface area contributed by atoms with Crippen molar-refractivity contribution in [1.29, 1.82) is 0 Å². The summed E-state index contributed by atoms with van der Waals surface area (Å²) in [6, 6.07) is 10.6. The van der Waals surface area contributed by atoms with Crippen LogP contribution in [0.1, 0.15) is 38.7 Å². The van der Waals surface area contributed by atoms with E-state index in [1.54, 1.807) is 0 Å². The molecule has 2 atom stereocenters. The van der Waals surface area contributed by atoms with E-state index in [4.69, 9.17) is 5.11 Å².